The van der Waals surface area contributed by atoms with Crippen LogP contribution in [-0.4, -0.2) is 17.2 Å². The van der Waals surface area contributed by atoms with Crippen LogP contribution in [0.1, 0.15) is 116 Å². The topological polar surface area (TPSA) is 46.5 Å². The van der Waals surface area contributed by atoms with Crippen molar-refractivity contribution in [3.63, 3.8) is 0 Å². The first-order valence-electron chi connectivity index (χ1n) is 12.3. The summed E-state index contributed by atoms with van der Waals surface area (Å²) >= 11 is 0. The minimum Gasteiger partial charge on any atom is -0.490 e. The molecule has 1 aromatic rings. The first-order chi connectivity index (χ1) is 14.7. The molecule has 1 atom stereocenters. The normalized spacial score (nSPS) is 12.3. The molecule has 1 rings (SSSR count). The third kappa shape index (κ3) is 13.5. The number of carboxylic acid groups (broad SMARTS) is 1. The van der Waals surface area contributed by atoms with E-state index in [1.54, 1.807) is 6.08 Å². The lowest BCUT2D eigenvalue weighted by Crippen LogP contribution is -2.15. The Morgan fingerprint density at radius 1 is 0.867 bits per heavy atom. The minimum absolute atomic E-state index is 0.192. The van der Waals surface area contributed by atoms with E-state index in [2.05, 4.69) is 13.8 Å². The molecule has 0 aromatic heterocycles. The second-order valence-corrected chi connectivity index (χ2v) is 8.39. The predicted octanol–water partition coefficient (Wildman–Crippen LogP) is 8.42. The van der Waals surface area contributed by atoms with Gasteiger partial charge in [-0.25, -0.2) is 4.79 Å². The zero-order valence-electron chi connectivity index (χ0n) is 19.4. The van der Waals surface area contributed by atoms with Crippen LogP contribution in [0.5, 0.6) is 5.75 Å². The second-order valence-electron chi connectivity index (χ2n) is 8.39. The first-order valence-corrected chi connectivity index (χ1v) is 12.3. The van der Waals surface area contributed by atoms with Crippen LogP contribution in [-0.2, 0) is 4.79 Å². The number of rotatable bonds is 19. The van der Waals surface area contributed by atoms with E-state index in [-0.39, 0.29) is 6.10 Å². The number of carbonyl (C=O) groups is 1. The van der Waals surface area contributed by atoms with Crippen LogP contribution < -0.4 is 4.74 Å². The third-order valence-corrected chi connectivity index (χ3v) is 5.70. The van der Waals surface area contributed by atoms with Crippen LogP contribution in [0.3, 0.4) is 0 Å². The van der Waals surface area contributed by atoms with Gasteiger partial charge in [-0.3, -0.25) is 0 Å². The Bertz CT molecular complexity index is 579. The molecule has 170 valence electrons. The van der Waals surface area contributed by atoms with Gasteiger partial charge in [-0.2, -0.15) is 0 Å². The van der Waals surface area contributed by atoms with E-state index >= 15 is 0 Å². The highest BCUT2D eigenvalue weighted by molar-refractivity contribution is 5.85. The molecule has 3 heteroatoms. The van der Waals surface area contributed by atoms with Crippen molar-refractivity contribution < 1.29 is 14.6 Å². The third-order valence-electron chi connectivity index (χ3n) is 5.70. The van der Waals surface area contributed by atoms with E-state index in [0.717, 1.165) is 30.2 Å². The highest BCUT2D eigenvalue weighted by atomic mass is 16.5. The highest BCUT2D eigenvalue weighted by Gasteiger charge is 2.10. The lowest BCUT2D eigenvalue weighted by molar-refractivity contribution is -0.131. The van der Waals surface area contributed by atoms with Crippen molar-refractivity contribution in [3.05, 3.63) is 35.9 Å². The molecule has 0 aliphatic carbocycles. The van der Waals surface area contributed by atoms with Gasteiger partial charge in [0.1, 0.15) is 5.75 Å². The van der Waals surface area contributed by atoms with E-state index in [1.807, 2.05) is 24.3 Å². The summed E-state index contributed by atoms with van der Waals surface area (Å²) in [5.74, 6) is -0.166. The van der Waals surface area contributed by atoms with E-state index in [4.69, 9.17) is 9.84 Å². The summed E-state index contributed by atoms with van der Waals surface area (Å²) in [6, 6.07) is 7.66. The maximum Gasteiger partial charge on any atom is 0.328 e. The Morgan fingerprint density at radius 3 is 1.93 bits per heavy atom. The van der Waals surface area contributed by atoms with Crippen molar-refractivity contribution in [1.82, 2.24) is 0 Å². The number of ether oxygens (including phenoxy) is 1. The average Bonchev–Trinajstić information content (AvgIpc) is 2.75. The summed E-state index contributed by atoms with van der Waals surface area (Å²) in [7, 11) is 0. The van der Waals surface area contributed by atoms with Crippen molar-refractivity contribution in [3.8, 4) is 5.75 Å². The Morgan fingerprint density at radius 2 is 1.40 bits per heavy atom. The summed E-state index contributed by atoms with van der Waals surface area (Å²) in [6.07, 6.45) is 22.8. The summed E-state index contributed by atoms with van der Waals surface area (Å²) in [4.78, 5) is 10.8. The van der Waals surface area contributed by atoms with Crippen LogP contribution in [0.4, 0.5) is 0 Å². The molecule has 1 unspecified atom stereocenters. The molecule has 0 aliphatic heterocycles. The summed E-state index contributed by atoms with van der Waals surface area (Å²) in [5.41, 5.74) is 0.823. The molecule has 30 heavy (non-hydrogen) atoms. The fourth-order valence-electron chi connectivity index (χ4n) is 3.80. The SMILES string of the molecule is CCCCCCCCCCCCCCCC(CC)Oc1ccccc1C=CC(=O)O. The Kier molecular flexibility index (Phi) is 15.8. The molecule has 0 amide bonds. The van der Waals surface area contributed by atoms with Gasteiger partial charge in [-0.1, -0.05) is 109 Å². The average molecular weight is 417 g/mol. The van der Waals surface area contributed by atoms with Gasteiger partial charge in [0.2, 0.25) is 0 Å². The smallest absolute Gasteiger partial charge is 0.328 e. The second kappa shape index (κ2) is 18.0. The molecule has 0 fully saturated rings. The molecular weight excluding hydrogens is 372 g/mol. The number of hydrogen-bond acceptors (Lipinski definition) is 2. The molecule has 0 saturated carbocycles. The lowest BCUT2D eigenvalue weighted by atomic mass is 10.0. The molecule has 1 aromatic carbocycles. The number of aliphatic carboxylic acids is 1. The molecule has 1 N–H and O–H groups in total. The zero-order valence-corrected chi connectivity index (χ0v) is 19.4. The van der Waals surface area contributed by atoms with Gasteiger partial charge < -0.3 is 9.84 Å². The van der Waals surface area contributed by atoms with E-state index in [0.29, 0.717) is 0 Å². The molecule has 0 aliphatic rings. The van der Waals surface area contributed by atoms with Gasteiger partial charge in [-0.15, -0.1) is 0 Å². The fourth-order valence-corrected chi connectivity index (χ4v) is 3.80. The summed E-state index contributed by atoms with van der Waals surface area (Å²) in [5, 5.41) is 8.85. The maximum absolute atomic E-state index is 10.8. The molecule has 3 nitrogen and oxygen atoms in total. The largest absolute Gasteiger partial charge is 0.490 e. The highest BCUT2D eigenvalue weighted by Crippen LogP contribution is 2.23. The Balaban J connectivity index is 2.13. The molecule has 0 radical (unpaired) electrons. The summed E-state index contributed by atoms with van der Waals surface area (Å²) in [6.45, 7) is 4.43. The van der Waals surface area contributed by atoms with Crippen LogP contribution in [0, 0.1) is 0 Å². The quantitative estimate of drug-likeness (QED) is 0.182. The number of carboxylic acids is 1. The van der Waals surface area contributed by atoms with E-state index < -0.39 is 5.97 Å². The molecule has 0 heterocycles. The van der Waals surface area contributed by atoms with Gasteiger partial charge in [0.25, 0.3) is 0 Å². The first kappa shape index (κ1) is 26.3. The van der Waals surface area contributed by atoms with Crippen LogP contribution in [0.15, 0.2) is 30.3 Å². The van der Waals surface area contributed by atoms with E-state index in [1.165, 1.54) is 83.5 Å². The standard InChI is InChI=1S/C27H44O3/c1-3-5-6-7-8-9-10-11-12-13-14-15-16-20-25(4-2)30-26-21-18-17-19-24(26)22-23-27(28)29/h17-19,21-23,25H,3-16,20H2,1-2H3,(H,28,29). The number of benzene rings is 1. The lowest BCUT2D eigenvalue weighted by Gasteiger charge is -2.19. The van der Waals surface area contributed by atoms with Crippen molar-refractivity contribution >= 4 is 12.0 Å². The number of hydrogen-bond donors (Lipinski definition) is 1. The number of unbranched alkanes of at least 4 members (excludes halogenated alkanes) is 12. The van der Waals surface area contributed by atoms with Crippen LogP contribution >= 0.6 is 0 Å². The van der Waals surface area contributed by atoms with Crippen molar-refractivity contribution in [2.75, 3.05) is 0 Å². The molecule has 0 spiro atoms. The maximum atomic E-state index is 10.8. The fraction of sp³-hybridized carbons (Fsp3) is 0.667. The van der Waals surface area contributed by atoms with Crippen LogP contribution in [0.25, 0.3) is 6.08 Å². The van der Waals surface area contributed by atoms with Crippen molar-refractivity contribution in [2.45, 2.75) is 116 Å². The van der Waals surface area contributed by atoms with Gasteiger partial charge in [-0.05, 0) is 31.4 Å². The Labute approximate surface area is 184 Å². The van der Waals surface area contributed by atoms with Gasteiger partial charge >= 0.3 is 5.97 Å². The predicted molar refractivity (Wildman–Crippen MR) is 128 cm³/mol. The summed E-state index contributed by atoms with van der Waals surface area (Å²) < 4.78 is 6.19. The number of para-hydroxylation sites is 1. The van der Waals surface area contributed by atoms with Crippen molar-refractivity contribution in [1.29, 1.82) is 0 Å². The van der Waals surface area contributed by atoms with Gasteiger partial charge in [0.05, 0.1) is 6.10 Å². The Hall–Kier alpha value is -1.77. The molecule has 0 bridgehead atoms. The molecular formula is C27H44O3. The van der Waals surface area contributed by atoms with E-state index in [9.17, 15) is 4.79 Å². The monoisotopic (exact) mass is 416 g/mol. The van der Waals surface area contributed by atoms with Gasteiger partial charge in [0.15, 0.2) is 0 Å². The van der Waals surface area contributed by atoms with Crippen LogP contribution in [0.2, 0.25) is 0 Å². The minimum atomic E-state index is -0.941. The molecule has 0 saturated heterocycles. The van der Waals surface area contributed by atoms with Crippen molar-refractivity contribution in [2.24, 2.45) is 0 Å². The van der Waals surface area contributed by atoms with Gasteiger partial charge in [0, 0.05) is 11.6 Å². The zero-order chi connectivity index (χ0) is 21.9.